The molecule has 1 aromatic carbocycles. The van der Waals surface area contributed by atoms with Crippen LogP contribution in [-0.2, 0) is 11.2 Å². The molecule has 4 heteroatoms. The average molecular weight is 318 g/mol. The molecule has 1 aliphatic rings. The van der Waals surface area contributed by atoms with E-state index in [9.17, 15) is 10.0 Å². The van der Waals surface area contributed by atoms with E-state index < -0.39 is 0 Å². The van der Waals surface area contributed by atoms with Gasteiger partial charge < -0.3 is 10.1 Å². The lowest BCUT2D eigenvalue weighted by Gasteiger charge is -2.49. The van der Waals surface area contributed by atoms with Gasteiger partial charge in [-0.1, -0.05) is 51.1 Å². The number of hydrogen-bond donors (Lipinski definition) is 1. The second kappa shape index (κ2) is 6.62. The third-order valence-electron chi connectivity index (χ3n) is 4.39. The first kappa shape index (κ1) is 18.0. The van der Waals surface area contributed by atoms with Crippen LogP contribution >= 0.6 is 0 Å². The molecule has 0 spiro atoms. The zero-order valence-corrected chi connectivity index (χ0v) is 15.0. The Balaban J connectivity index is 2.13. The van der Waals surface area contributed by atoms with Gasteiger partial charge >= 0.3 is 0 Å². The number of nitrogens with zero attached hydrogens (tertiary/aromatic N) is 2. The highest BCUT2D eigenvalue weighted by Crippen LogP contribution is 2.29. The second-order valence-corrected chi connectivity index (χ2v) is 8.50. The van der Waals surface area contributed by atoms with Crippen LogP contribution in [0, 0.1) is 5.41 Å². The van der Waals surface area contributed by atoms with Crippen molar-refractivity contribution >= 4 is 5.91 Å². The van der Waals surface area contributed by atoms with Gasteiger partial charge in [0, 0.05) is 19.5 Å². The molecule has 23 heavy (non-hydrogen) atoms. The van der Waals surface area contributed by atoms with E-state index in [0.29, 0.717) is 19.5 Å². The van der Waals surface area contributed by atoms with Crippen molar-refractivity contribution in [1.29, 1.82) is 0 Å². The maximum atomic E-state index is 12.8. The summed E-state index contributed by atoms with van der Waals surface area (Å²) in [6.07, 6.45) is 1.27. The molecule has 1 unspecified atom stereocenters. The number of benzene rings is 1. The Labute approximate surface area is 140 Å². The van der Waals surface area contributed by atoms with Gasteiger partial charge in [-0.15, -0.1) is 0 Å². The highest BCUT2D eigenvalue weighted by Gasteiger charge is 2.41. The van der Waals surface area contributed by atoms with Crippen LogP contribution in [0.1, 0.15) is 46.6 Å². The summed E-state index contributed by atoms with van der Waals surface area (Å²) in [4.78, 5) is 14.7. The normalized spacial score (nSPS) is 22.2. The number of carbonyl (C=O) groups excluding carboxylic acids is 1. The zero-order chi connectivity index (χ0) is 17.3. The maximum Gasteiger partial charge on any atom is 0.223 e. The van der Waals surface area contributed by atoms with Crippen LogP contribution in [0.4, 0.5) is 0 Å². The van der Waals surface area contributed by atoms with Gasteiger partial charge in [-0.3, -0.25) is 4.79 Å². The summed E-state index contributed by atoms with van der Waals surface area (Å²) in [5.41, 5.74) is 0.794. The second-order valence-electron chi connectivity index (χ2n) is 8.50. The number of piperazine rings is 1. The predicted octanol–water partition coefficient (Wildman–Crippen LogP) is 3.35. The van der Waals surface area contributed by atoms with Gasteiger partial charge in [-0.05, 0) is 31.2 Å². The van der Waals surface area contributed by atoms with Crippen LogP contribution in [0.25, 0.3) is 0 Å². The van der Waals surface area contributed by atoms with Crippen molar-refractivity contribution in [3.05, 3.63) is 35.9 Å². The van der Waals surface area contributed by atoms with E-state index in [2.05, 4.69) is 32.9 Å². The van der Waals surface area contributed by atoms with Crippen LogP contribution in [-0.4, -0.2) is 45.7 Å². The minimum atomic E-state index is -0.357. The molecule has 0 aliphatic carbocycles. The Morgan fingerprint density at radius 3 is 2.43 bits per heavy atom. The van der Waals surface area contributed by atoms with Gasteiger partial charge in [0.15, 0.2) is 0 Å². The molecule has 1 aliphatic heterocycles. The molecule has 1 heterocycles. The fraction of sp³-hybridized carbons (Fsp3) is 0.632. The Bertz CT molecular complexity index is 534. The van der Waals surface area contributed by atoms with Crippen molar-refractivity contribution in [1.82, 2.24) is 9.96 Å². The summed E-state index contributed by atoms with van der Waals surface area (Å²) in [6, 6.07) is 10.1. The Morgan fingerprint density at radius 1 is 1.26 bits per heavy atom. The molecule has 1 N–H and O–H groups in total. The summed E-state index contributed by atoms with van der Waals surface area (Å²) in [7, 11) is 0. The molecule has 128 valence electrons. The molecule has 1 aromatic rings. The SMILES string of the molecule is CC(C)(C)CC(=O)N1CC(Cc2ccccc2)N(O)CC1(C)C. The number of carbonyl (C=O) groups is 1. The van der Waals surface area contributed by atoms with Crippen LogP contribution < -0.4 is 0 Å². The summed E-state index contributed by atoms with van der Waals surface area (Å²) in [6.45, 7) is 11.3. The van der Waals surface area contributed by atoms with Crippen molar-refractivity contribution in [2.45, 2.75) is 59.0 Å². The monoisotopic (exact) mass is 318 g/mol. The van der Waals surface area contributed by atoms with Crippen molar-refractivity contribution in [2.75, 3.05) is 13.1 Å². The van der Waals surface area contributed by atoms with Crippen molar-refractivity contribution < 1.29 is 10.0 Å². The standard InChI is InChI=1S/C19H30N2O2/c1-18(2,3)12-17(22)20-13-16(21(23)14-19(20,4)5)11-15-9-7-6-8-10-15/h6-10,16,23H,11-14H2,1-5H3. The molecule has 0 bridgehead atoms. The van der Waals surface area contributed by atoms with Crippen LogP contribution in [0.5, 0.6) is 0 Å². The fourth-order valence-corrected chi connectivity index (χ4v) is 3.21. The third-order valence-corrected chi connectivity index (χ3v) is 4.39. The highest BCUT2D eigenvalue weighted by atomic mass is 16.5. The highest BCUT2D eigenvalue weighted by molar-refractivity contribution is 5.77. The van der Waals surface area contributed by atoms with Gasteiger partial charge in [-0.25, -0.2) is 0 Å². The van der Waals surface area contributed by atoms with Gasteiger partial charge in [-0.2, -0.15) is 5.06 Å². The van der Waals surface area contributed by atoms with Gasteiger partial charge in [0.25, 0.3) is 0 Å². The molecule has 0 radical (unpaired) electrons. The Hall–Kier alpha value is -1.39. The van der Waals surface area contributed by atoms with E-state index in [1.165, 1.54) is 10.6 Å². The largest absolute Gasteiger partial charge is 0.335 e. The minimum absolute atomic E-state index is 0.0293. The van der Waals surface area contributed by atoms with Crippen molar-refractivity contribution in [3.8, 4) is 0 Å². The summed E-state index contributed by atoms with van der Waals surface area (Å²) < 4.78 is 0. The number of amides is 1. The van der Waals surface area contributed by atoms with Crippen LogP contribution in [0.2, 0.25) is 0 Å². The molecule has 1 fully saturated rings. The van der Waals surface area contributed by atoms with E-state index in [0.717, 1.165) is 6.42 Å². The van der Waals surface area contributed by atoms with E-state index in [4.69, 9.17) is 0 Å². The molecule has 4 nitrogen and oxygen atoms in total. The Morgan fingerprint density at radius 2 is 1.87 bits per heavy atom. The number of hydroxylamine groups is 2. The quantitative estimate of drug-likeness (QED) is 0.929. The van der Waals surface area contributed by atoms with E-state index >= 15 is 0 Å². The summed E-state index contributed by atoms with van der Waals surface area (Å²) >= 11 is 0. The van der Waals surface area contributed by atoms with E-state index in [1.54, 1.807) is 0 Å². The van der Waals surface area contributed by atoms with Crippen molar-refractivity contribution in [2.24, 2.45) is 5.41 Å². The number of rotatable bonds is 3. The Kier molecular flexibility index (Phi) is 5.17. The molecule has 0 saturated carbocycles. The number of hydrogen-bond acceptors (Lipinski definition) is 3. The predicted molar refractivity (Wildman–Crippen MR) is 92.3 cm³/mol. The molecule has 1 atom stereocenters. The van der Waals surface area contributed by atoms with Gasteiger partial charge in [0.05, 0.1) is 11.6 Å². The average Bonchev–Trinajstić information content (AvgIpc) is 2.40. The molecule has 1 saturated heterocycles. The van der Waals surface area contributed by atoms with E-state index in [-0.39, 0.29) is 22.9 Å². The first-order chi connectivity index (χ1) is 10.6. The van der Waals surface area contributed by atoms with E-state index in [1.807, 2.05) is 36.9 Å². The fourth-order valence-electron chi connectivity index (χ4n) is 3.21. The maximum absolute atomic E-state index is 12.8. The third kappa shape index (κ3) is 4.79. The molecule has 2 rings (SSSR count). The first-order valence-electron chi connectivity index (χ1n) is 8.38. The molecule has 1 amide bonds. The minimum Gasteiger partial charge on any atom is -0.335 e. The van der Waals surface area contributed by atoms with Gasteiger partial charge in [0.2, 0.25) is 5.91 Å². The zero-order valence-electron chi connectivity index (χ0n) is 15.0. The summed E-state index contributed by atoms with van der Waals surface area (Å²) in [5, 5.41) is 11.8. The van der Waals surface area contributed by atoms with Crippen LogP contribution in [0.15, 0.2) is 30.3 Å². The lowest BCUT2D eigenvalue weighted by Crippen LogP contribution is -2.64. The summed E-state index contributed by atoms with van der Waals surface area (Å²) in [5.74, 6) is 0.175. The molecular weight excluding hydrogens is 288 g/mol. The molecular formula is C19H30N2O2. The van der Waals surface area contributed by atoms with Crippen molar-refractivity contribution in [3.63, 3.8) is 0 Å². The lowest BCUT2D eigenvalue weighted by molar-refractivity contribution is -0.192. The smallest absolute Gasteiger partial charge is 0.223 e. The topological polar surface area (TPSA) is 43.8 Å². The molecule has 0 aromatic heterocycles. The lowest BCUT2D eigenvalue weighted by atomic mass is 9.88. The van der Waals surface area contributed by atoms with Crippen LogP contribution in [0.3, 0.4) is 0 Å². The van der Waals surface area contributed by atoms with Gasteiger partial charge in [0.1, 0.15) is 0 Å². The first-order valence-corrected chi connectivity index (χ1v) is 8.38.